The molecule has 5 atom stereocenters. The van der Waals surface area contributed by atoms with Gasteiger partial charge < -0.3 is 9.64 Å². The highest BCUT2D eigenvalue weighted by Crippen LogP contribution is 2.56. The minimum atomic E-state index is -0.745. The summed E-state index contributed by atoms with van der Waals surface area (Å²) in [7, 11) is 0. The Bertz CT molecular complexity index is 761. The Balaban J connectivity index is 1.46. The maximum absolute atomic E-state index is 13.4. The van der Waals surface area contributed by atoms with Gasteiger partial charge in [-0.1, -0.05) is 30.3 Å². The third kappa shape index (κ3) is 2.77. The molecule has 0 spiro atoms. The molecule has 2 saturated heterocycles. The van der Waals surface area contributed by atoms with E-state index in [1.54, 1.807) is 4.90 Å². The van der Waals surface area contributed by atoms with Crippen LogP contribution in [-0.4, -0.2) is 59.9 Å². The fourth-order valence-corrected chi connectivity index (χ4v) is 5.86. The topological polar surface area (TPSA) is 66.9 Å². The van der Waals surface area contributed by atoms with Gasteiger partial charge in [-0.05, 0) is 36.7 Å². The summed E-state index contributed by atoms with van der Waals surface area (Å²) in [6, 6.07) is 8.94. The highest BCUT2D eigenvalue weighted by atomic mass is 16.5. The number of carbonyl (C=O) groups excluding carboxylic acids is 3. The minimum Gasteiger partial charge on any atom is -0.378 e. The first-order chi connectivity index (χ1) is 13.6. The van der Waals surface area contributed by atoms with E-state index in [2.05, 4.69) is 0 Å². The second kappa shape index (κ2) is 6.99. The summed E-state index contributed by atoms with van der Waals surface area (Å²) >= 11 is 0. The van der Waals surface area contributed by atoms with Gasteiger partial charge in [0.15, 0.2) is 0 Å². The molecule has 2 aliphatic carbocycles. The molecule has 2 saturated carbocycles. The summed E-state index contributed by atoms with van der Waals surface area (Å²) in [5.41, 5.74) is 0.967. The molecule has 4 aliphatic rings. The molecule has 3 amide bonds. The molecule has 2 bridgehead atoms. The summed E-state index contributed by atoms with van der Waals surface area (Å²) in [6.45, 7) is 2.03. The molecular weight excluding hydrogens is 356 g/mol. The molecule has 4 fully saturated rings. The van der Waals surface area contributed by atoms with Gasteiger partial charge in [0.05, 0.1) is 25.0 Å². The SMILES string of the molecule is O=C([C@H](Cc1ccccc1)N1C(=O)[C@H]2[C@H]3CC[C@@H](C3)[C@@H]2C1=O)N1CCOCC1. The van der Waals surface area contributed by atoms with Crippen LogP contribution >= 0.6 is 0 Å². The predicted molar refractivity (Wildman–Crippen MR) is 101 cm³/mol. The fraction of sp³-hybridized carbons (Fsp3) is 0.591. The van der Waals surface area contributed by atoms with Crippen LogP contribution in [0.15, 0.2) is 30.3 Å². The molecule has 1 aromatic carbocycles. The van der Waals surface area contributed by atoms with E-state index in [0.29, 0.717) is 44.6 Å². The number of carbonyl (C=O) groups is 3. The van der Waals surface area contributed by atoms with E-state index in [-0.39, 0.29) is 29.6 Å². The highest BCUT2D eigenvalue weighted by molar-refractivity contribution is 6.09. The normalized spacial score (nSPS) is 32.7. The number of benzene rings is 1. The van der Waals surface area contributed by atoms with Crippen molar-refractivity contribution in [3.63, 3.8) is 0 Å². The molecule has 0 aromatic heterocycles. The number of nitrogens with zero attached hydrogens (tertiary/aromatic N) is 2. The standard InChI is InChI=1S/C22H26N2O4/c25-20(23-8-10-28-11-9-23)17(12-14-4-2-1-3-5-14)24-21(26)18-15-6-7-16(13-15)19(18)22(24)27/h1-5,15-19H,6-13H2/t15-,16-,17-,18-,19-/m0/s1. The molecular formula is C22H26N2O4. The smallest absolute Gasteiger partial charge is 0.246 e. The number of fused-ring (bicyclic) bond motifs is 5. The van der Waals surface area contributed by atoms with Crippen molar-refractivity contribution in [2.75, 3.05) is 26.3 Å². The largest absolute Gasteiger partial charge is 0.378 e. The van der Waals surface area contributed by atoms with Gasteiger partial charge in [0.1, 0.15) is 6.04 Å². The Morgan fingerprint density at radius 1 is 1.00 bits per heavy atom. The number of hydrogen-bond donors (Lipinski definition) is 0. The predicted octanol–water partition coefficient (Wildman–Crippen LogP) is 1.49. The molecule has 0 N–H and O–H groups in total. The Hall–Kier alpha value is -2.21. The summed E-state index contributed by atoms with van der Waals surface area (Å²) in [5, 5.41) is 0. The number of rotatable bonds is 4. The van der Waals surface area contributed by atoms with Gasteiger partial charge in [0, 0.05) is 19.5 Å². The number of ether oxygens (including phenoxy) is 1. The third-order valence-corrected chi connectivity index (χ3v) is 7.15. The van der Waals surface area contributed by atoms with Crippen molar-refractivity contribution in [1.82, 2.24) is 9.80 Å². The maximum atomic E-state index is 13.4. The van der Waals surface area contributed by atoms with Crippen LogP contribution in [-0.2, 0) is 25.5 Å². The van der Waals surface area contributed by atoms with Gasteiger partial charge in [0.25, 0.3) is 0 Å². The van der Waals surface area contributed by atoms with Gasteiger partial charge >= 0.3 is 0 Å². The Morgan fingerprint density at radius 2 is 1.61 bits per heavy atom. The van der Waals surface area contributed by atoms with Crippen LogP contribution in [0.25, 0.3) is 0 Å². The first kappa shape index (κ1) is 17.9. The molecule has 6 nitrogen and oxygen atoms in total. The summed E-state index contributed by atoms with van der Waals surface area (Å²) in [5.74, 6) is -0.0701. The van der Waals surface area contributed by atoms with Crippen LogP contribution in [0.5, 0.6) is 0 Å². The van der Waals surface area contributed by atoms with Gasteiger partial charge in [-0.15, -0.1) is 0 Å². The van der Waals surface area contributed by atoms with Gasteiger partial charge in [-0.2, -0.15) is 0 Å². The van der Waals surface area contributed by atoms with Crippen molar-refractivity contribution in [2.24, 2.45) is 23.7 Å². The molecule has 2 aliphatic heterocycles. The summed E-state index contributed by atoms with van der Waals surface area (Å²) in [4.78, 5) is 43.1. The van der Waals surface area contributed by atoms with Gasteiger partial charge in [-0.25, -0.2) is 0 Å². The van der Waals surface area contributed by atoms with Crippen LogP contribution in [0.1, 0.15) is 24.8 Å². The average molecular weight is 382 g/mol. The van der Waals surface area contributed by atoms with Gasteiger partial charge in [0.2, 0.25) is 17.7 Å². The lowest BCUT2D eigenvalue weighted by Gasteiger charge is -2.34. The fourth-order valence-electron chi connectivity index (χ4n) is 5.86. The zero-order chi connectivity index (χ0) is 19.3. The van der Waals surface area contributed by atoms with Crippen LogP contribution < -0.4 is 0 Å². The number of morpholine rings is 1. The van der Waals surface area contributed by atoms with Crippen molar-refractivity contribution in [1.29, 1.82) is 0 Å². The van der Waals surface area contributed by atoms with E-state index >= 15 is 0 Å². The van der Waals surface area contributed by atoms with E-state index < -0.39 is 6.04 Å². The van der Waals surface area contributed by atoms with Crippen molar-refractivity contribution in [2.45, 2.75) is 31.7 Å². The molecule has 1 aromatic rings. The Morgan fingerprint density at radius 3 is 2.21 bits per heavy atom. The molecule has 6 heteroatoms. The summed E-state index contributed by atoms with van der Waals surface area (Å²) < 4.78 is 5.37. The number of likely N-dealkylation sites (tertiary alicyclic amines) is 1. The van der Waals surface area contributed by atoms with Crippen molar-refractivity contribution in [3.8, 4) is 0 Å². The lowest BCUT2D eigenvalue weighted by Crippen LogP contribution is -2.55. The van der Waals surface area contributed by atoms with Crippen LogP contribution in [0, 0.1) is 23.7 Å². The summed E-state index contributed by atoms with van der Waals surface area (Å²) in [6.07, 6.45) is 3.46. The number of amides is 3. The van der Waals surface area contributed by atoms with E-state index in [9.17, 15) is 14.4 Å². The van der Waals surface area contributed by atoms with Gasteiger partial charge in [-0.3, -0.25) is 19.3 Å². The van der Waals surface area contributed by atoms with Crippen molar-refractivity contribution < 1.29 is 19.1 Å². The van der Waals surface area contributed by atoms with Crippen molar-refractivity contribution in [3.05, 3.63) is 35.9 Å². The quantitative estimate of drug-likeness (QED) is 0.740. The lowest BCUT2D eigenvalue weighted by atomic mass is 9.81. The van der Waals surface area contributed by atoms with Crippen LogP contribution in [0.4, 0.5) is 0 Å². The van der Waals surface area contributed by atoms with E-state index in [1.165, 1.54) is 4.90 Å². The van der Waals surface area contributed by atoms with E-state index in [0.717, 1.165) is 24.8 Å². The maximum Gasteiger partial charge on any atom is 0.246 e. The average Bonchev–Trinajstić information content (AvgIpc) is 3.41. The molecule has 28 heavy (non-hydrogen) atoms. The van der Waals surface area contributed by atoms with Crippen molar-refractivity contribution >= 4 is 17.7 Å². The first-order valence-corrected chi connectivity index (χ1v) is 10.4. The van der Waals surface area contributed by atoms with E-state index in [4.69, 9.17) is 4.74 Å². The molecule has 2 heterocycles. The lowest BCUT2D eigenvalue weighted by molar-refractivity contribution is -0.154. The highest BCUT2D eigenvalue weighted by Gasteiger charge is 2.62. The van der Waals surface area contributed by atoms with Crippen LogP contribution in [0.2, 0.25) is 0 Å². The molecule has 0 unspecified atom stereocenters. The second-order valence-corrected chi connectivity index (χ2v) is 8.57. The first-order valence-electron chi connectivity index (χ1n) is 10.4. The van der Waals surface area contributed by atoms with Crippen LogP contribution in [0.3, 0.4) is 0 Å². The molecule has 148 valence electrons. The number of imide groups is 1. The Kier molecular flexibility index (Phi) is 4.46. The third-order valence-electron chi connectivity index (χ3n) is 7.15. The molecule has 0 radical (unpaired) electrons. The zero-order valence-corrected chi connectivity index (χ0v) is 16.0. The number of hydrogen-bond acceptors (Lipinski definition) is 4. The molecule has 5 rings (SSSR count). The monoisotopic (exact) mass is 382 g/mol. The minimum absolute atomic E-state index is 0.107. The zero-order valence-electron chi connectivity index (χ0n) is 16.0. The second-order valence-electron chi connectivity index (χ2n) is 8.57. The Labute approximate surface area is 164 Å². The van der Waals surface area contributed by atoms with E-state index in [1.807, 2.05) is 30.3 Å².